The zero-order chi connectivity index (χ0) is 23.5. The van der Waals surface area contributed by atoms with E-state index in [2.05, 4.69) is 15.0 Å². The van der Waals surface area contributed by atoms with Crippen LogP contribution in [0.3, 0.4) is 0 Å². The minimum absolute atomic E-state index is 0.263. The molecule has 0 bridgehead atoms. The monoisotopic (exact) mass is 462 g/mol. The normalized spacial score (nSPS) is 21.9. The Kier molecular flexibility index (Phi) is 5.96. The summed E-state index contributed by atoms with van der Waals surface area (Å²) in [6, 6.07) is 16.6. The first-order valence-electron chi connectivity index (χ1n) is 10.5. The van der Waals surface area contributed by atoms with Gasteiger partial charge in [0.15, 0.2) is 24.2 Å². The zero-order valence-corrected chi connectivity index (χ0v) is 17.7. The van der Waals surface area contributed by atoms with Gasteiger partial charge in [-0.05, 0) is 24.3 Å². The molecule has 172 valence electrons. The van der Waals surface area contributed by atoms with Crippen LogP contribution in [0.5, 0.6) is 0 Å². The Hall–Kier alpha value is -4.18. The van der Waals surface area contributed by atoms with E-state index >= 15 is 4.39 Å². The van der Waals surface area contributed by atoms with E-state index in [1.54, 1.807) is 60.7 Å². The van der Waals surface area contributed by atoms with Crippen molar-refractivity contribution in [1.82, 2.24) is 19.5 Å². The molecule has 4 aromatic rings. The molecule has 0 saturated carbocycles. The fourth-order valence-electron chi connectivity index (χ4n) is 3.75. The molecule has 1 unspecified atom stereocenters. The lowest BCUT2D eigenvalue weighted by Gasteiger charge is -2.19. The van der Waals surface area contributed by atoms with E-state index in [4.69, 9.17) is 14.2 Å². The molecule has 1 aliphatic heterocycles. The Morgan fingerprint density at radius 1 is 0.971 bits per heavy atom. The average molecular weight is 462 g/mol. The minimum atomic E-state index is -1.78. The quantitative estimate of drug-likeness (QED) is 0.403. The first-order valence-corrected chi connectivity index (χ1v) is 10.5. The van der Waals surface area contributed by atoms with Crippen molar-refractivity contribution in [2.75, 3.05) is 6.61 Å². The molecular weight excluding hydrogens is 443 g/mol. The van der Waals surface area contributed by atoms with Crippen LogP contribution in [0, 0.1) is 0 Å². The van der Waals surface area contributed by atoms with Crippen molar-refractivity contribution in [2.45, 2.75) is 24.6 Å². The van der Waals surface area contributed by atoms with Crippen LogP contribution >= 0.6 is 0 Å². The van der Waals surface area contributed by atoms with E-state index in [0.29, 0.717) is 16.7 Å². The predicted molar refractivity (Wildman–Crippen MR) is 116 cm³/mol. The van der Waals surface area contributed by atoms with Crippen LogP contribution in [0.25, 0.3) is 11.2 Å². The van der Waals surface area contributed by atoms with Gasteiger partial charge in [0.05, 0.1) is 23.7 Å². The highest BCUT2D eigenvalue weighted by molar-refractivity contribution is 5.90. The summed E-state index contributed by atoms with van der Waals surface area (Å²) in [5.41, 5.74) is 1.41. The number of imidazole rings is 1. The molecule has 34 heavy (non-hydrogen) atoms. The van der Waals surface area contributed by atoms with Crippen LogP contribution in [0.4, 0.5) is 4.39 Å². The number of carbonyl (C=O) groups is 2. The van der Waals surface area contributed by atoms with Crippen molar-refractivity contribution < 1.29 is 28.2 Å². The van der Waals surface area contributed by atoms with Gasteiger partial charge < -0.3 is 14.2 Å². The van der Waals surface area contributed by atoms with Crippen LogP contribution in [0.2, 0.25) is 0 Å². The number of ether oxygens (including phenoxy) is 3. The van der Waals surface area contributed by atoms with Gasteiger partial charge in [0, 0.05) is 0 Å². The molecule has 3 heterocycles. The lowest BCUT2D eigenvalue weighted by molar-refractivity contribution is -0.0570. The molecule has 2 aromatic heterocycles. The second kappa shape index (κ2) is 9.36. The van der Waals surface area contributed by atoms with Crippen LogP contribution in [-0.4, -0.2) is 56.4 Å². The van der Waals surface area contributed by atoms with Crippen molar-refractivity contribution in [3.05, 3.63) is 90.6 Å². The molecule has 9 nitrogen and oxygen atoms in total. The smallest absolute Gasteiger partial charge is 0.338 e. The molecule has 0 radical (unpaired) electrons. The Balaban J connectivity index is 1.39. The minimum Gasteiger partial charge on any atom is -0.459 e. The van der Waals surface area contributed by atoms with Crippen molar-refractivity contribution in [2.24, 2.45) is 0 Å². The Labute approximate surface area is 193 Å². The third kappa shape index (κ3) is 4.23. The van der Waals surface area contributed by atoms with E-state index in [-0.39, 0.29) is 12.2 Å². The number of alkyl halides is 1. The largest absolute Gasteiger partial charge is 0.459 e. The van der Waals surface area contributed by atoms with E-state index in [0.717, 1.165) is 0 Å². The number of esters is 2. The van der Waals surface area contributed by atoms with Crippen molar-refractivity contribution in [3.63, 3.8) is 0 Å². The summed E-state index contributed by atoms with van der Waals surface area (Å²) in [5, 5.41) is 0. The van der Waals surface area contributed by atoms with Gasteiger partial charge in [0.2, 0.25) is 0 Å². The number of halogens is 1. The van der Waals surface area contributed by atoms with Gasteiger partial charge in [-0.2, -0.15) is 0 Å². The molecule has 1 saturated heterocycles. The summed E-state index contributed by atoms with van der Waals surface area (Å²) in [7, 11) is 0. The van der Waals surface area contributed by atoms with Crippen molar-refractivity contribution in [3.8, 4) is 0 Å². The molecule has 5 rings (SSSR count). The molecule has 1 aliphatic rings. The molecule has 0 N–H and O–H groups in total. The standard InChI is InChI=1S/C24H19FN4O5/c25-19-20(34-24(31)16-9-5-2-6-10-16)18(12-32-23(30)15-7-3-1-4-8-15)33-22(19)29-14-28-17-11-26-13-27-21(17)29/h1-11,13-14,18-20,22H,12H2/t18-,19-,20?,22-/m1/s1. The summed E-state index contributed by atoms with van der Waals surface area (Å²) in [6.45, 7) is -0.320. The fourth-order valence-corrected chi connectivity index (χ4v) is 3.75. The third-order valence-electron chi connectivity index (χ3n) is 5.42. The van der Waals surface area contributed by atoms with Crippen LogP contribution in [0.15, 0.2) is 79.5 Å². The van der Waals surface area contributed by atoms with Crippen molar-refractivity contribution in [1.29, 1.82) is 0 Å². The summed E-state index contributed by atoms with van der Waals surface area (Å²) >= 11 is 0. The predicted octanol–water partition coefficient (Wildman–Crippen LogP) is 3.14. The number of hydrogen-bond acceptors (Lipinski definition) is 8. The van der Waals surface area contributed by atoms with E-state index < -0.39 is 36.5 Å². The summed E-state index contributed by atoms with van der Waals surface area (Å²) in [4.78, 5) is 37.3. The van der Waals surface area contributed by atoms with Crippen LogP contribution in [-0.2, 0) is 14.2 Å². The zero-order valence-electron chi connectivity index (χ0n) is 17.7. The number of rotatable bonds is 6. The number of fused-ring (bicyclic) bond motifs is 1. The number of nitrogens with zero attached hydrogens (tertiary/aromatic N) is 4. The van der Waals surface area contributed by atoms with Gasteiger partial charge in [-0.1, -0.05) is 36.4 Å². The molecule has 2 aromatic carbocycles. The van der Waals surface area contributed by atoms with Gasteiger partial charge in [-0.15, -0.1) is 0 Å². The molecular formula is C24H19FN4O5. The third-order valence-corrected chi connectivity index (χ3v) is 5.42. The number of hydrogen-bond donors (Lipinski definition) is 0. The average Bonchev–Trinajstić information content (AvgIpc) is 3.44. The second-order valence-corrected chi connectivity index (χ2v) is 7.59. The van der Waals surface area contributed by atoms with Gasteiger partial charge in [0.1, 0.15) is 24.6 Å². The SMILES string of the molecule is O=C(OC[C@H]1O[C@@H](n2cnc3cncnc32)[C@H](F)C1OC(=O)c1ccccc1)c1ccccc1. The molecule has 0 amide bonds. The topological polar surface area (TPSA) is 105 Å². The van der Waals surface area contributed by atoms with E-state index in [1.165, 1.54) is 23.4 Å². The summed E-state index contributed by atoms with van der Waals surface area (Å²) in [6.07, 6.45) is -1.18. The first-order chi connectivity index (χ1) is 16.6. The second-order valence-electron chi connectivity index (χ2n) is 7.59. The fraction of sp³-hybridized carbons (Fsp3) is 0.208. The van der Waals surface area contributed by atoms with Gasteiger partial charge in [-0.3, -0.25) is 4.57 Å². The highest BCUT2D eigenvalue weighted by Gasteiger charge is 2.49. The molecule has 1 fully saturated rings. The van der Waals surface area contributed by atoms with Gasteiger partial charge in [-0.25, -0.2) is 28.9 Å². The summed E-state index contributed by atoms with van der Waals surface area (Å²) < 4.78 is 33.8. The molecule has 10 heteroatoms. The summed E-state index contributed by atoms with van der Waals surface area (Å²) in [5.74, 6) is -1.31. The molecule has 4 atom stereocenters. The Morgan fingerprint density at radius 3 is 2.35 bits per heavy atom. The Bertz CT molecular complexity index is 1300. The maximum atomic E-state index is 15.7. The van der Waals surface area contributed by atoms with Crippen LogP contribution in [0.1, 0.15) is 26.9 Å². The highest BCUT2D eigenvalue weighted by atomic mass is 19.1. The number of aromatic nitrogens is 4. The van der Waals surface area contributed by atoms with E-state index in [9.17, 15) is 9.59 Å². The number of benzene rings is 2. The maximum absolute atomic E-state index is 15.7. The number of carbonyl (C=O) groups excluding carboxylic acids is 2. The lowest BCUT2D eigenvalue weighted by atomic mass is 10.1. The molecule has 0 aliphatic carbocycles. The van der Waals surface area contributed by atoms with Crippen molar-refractivity contribution >= 4 is 23.1 Å². The highest BCUT2D eigenvalue weighted by Crippen LogP contribution is 2.36. The Morgan fingerprint density at radius 2 is 1.65 bits per heavy atom. The van der Waals surface area contributed by atoms with Gasteiger partial charge in [0.25, 0.3) is 0 Å². The van der Waals surface area contributed by atoms with Crippen LogP contribution < -0.4 is 0 Å². The van der Waals surface area contributed by atoms with Gasteiger partial charge >= 0.3 is 11.9 Å². The maximum Gasteiger partial charge on any atom is 0.338 e. The first kappa shape index (κ1) is 21.7. The molecule has 0 spiro atoms. The lowest BCUT2D eigenvalue weighted by Crippen LogP contribution is -2.37. The van der Waals surface area contributed by atoms with E-state index in [1.807, 2.05) is 0 Å².